The van der Waals surface area contributed by atoms with Crippen LogP contribution < -0.4 is 10.8 Å². The van der Waals surface area contributed by atoms with Crippen LogP contribution in [0.25, 0.3) is 0 Å². The van der Waals surface area contributed by atoms with Gasteiger partial charge in [-0.05, 0) is 36.2 Å². The Morgan fingerprint density at radius 3 is 2.39 bits per heavy atom. The maximum Gasteiger partial charge on any atom is 0.274 e. The summed E-state index contributed by atoms with van der Waals surface area (Å²) < 4.78 is 1.77. The van der Waals surface area contributed by atoms with Crippen LogP contribution in [0.1, 0.15) is 52.2 Å². The summed E-state index contributed by atoms with van der Waals surface area (Å²) in [5, 5.41) is 11.7. The summed E-state index contributed by atoms with van der Waals surface area (Å²) in [5.74, 6) is -0.690. The van der Waals surface area contributed by atoms with Crippen molar-refractivity contribution in [2.75, 3.05) is 0 Å². The Morgan fingerprint density at radius 2 is 1.87 bits per heavy atom. The number of hydroxylamine groups is 1. The van der Waals surface area contributed by atoms with Gasteiger partial charge in [-0.25, -0.2) is 5.48 Å². The monoisotopic (exact) mass is 315 g/mol. The predicted molar refractivity (Wildman–Crippen MR) is 86.2 cm³/mol. The van der Waals surface area contributed by atoms with E-state index in [1.54, 1.807) is 40.4 Å². The molecule has 1 aromatic carbocycles. The number of amides is 2. The highest BCUT2D eigenvalue weighted by molar-refractivity contribution is 5.94. The molecule has 1 aromatic heterocycles. The van der Waals surface area contributed by atoms with Crippen molar-refractivity contribution < 1.29 is 14.8 Å². The Morgan fingerprint density at radius 1 is 1.17 bits per heavy atom. The molecule has 0 aliphatic heterocycles. The second-order valence-electron chi connectivity index (χ2n) is 5.38. The zero-order chi connectivity index (χ0) is 16.8. The third-order valence-electron chi connectivity index (χ3n) is 3.74. The summed E-state index contributed by atoms with van der Waals surface area (Å²) in [4.78, 5) is 23.7. The maximum atomic E-state index is 12.4. The van der Waals surface area contributed by atoms with Crippen LogP contribution in [0.15, 0.2) is 42.6 Å². The molecule has 0 aliphatic rings. The number of carbonyl (C=O) groups excluding carboxylic acids is 2. The Bertz CT molecular complexity index is 677. The number of rotatable bonds is 6. The zero-order valence-electron chi connectivity index (χ0n) is 13.2. The number of benzene rings is 1. The number of hydrogen-bond acceptors (Lipinski definition) is 3. The third kappa shape index (κ3) is 3.98. The van der Waals surface area contributed by atoms with E-state index in [9.17, 15) is 9.59 Å². The first-order valence-corrected chi connectivity index (χ1v) is 7.53. The van der Waals surface area contributed by atoms with Crippen molar-refractivity contribution in [2.45, 2.75) is 25.8 Å². The lowest BCUT2D eigenvalue weighted by atomic mass is 10.0. The van der Waals surface area contributed by atoms with Crippen LogP contribution in [0.4, 0.5) is 0 Å². The minimum Gasteiger partial charge on any atom is -0.347 e. The molecule has 122 valence electrons. The van der Waals surface area contributed by atoms with Gasteiger partial charge in [-0.1, -0.05) is 25.5 Å². The molecule has 6 nitrogen and oxygen atoms in total. The van der Waals surface area contributed by atoms with Crippen LogP contribution in [0.3, 0.4) is 0 Å². The average Bonchev–Trinajstić information content (AvgIpc) is 3.00. The molecular weight excluding hydrogens is 294 g/mol. The SMILES string of the molecule is CCCC(NC(=O)c1cccn1C)c1ccc(C(=O)NO)cc1. The Balaban J connectivity index is 2.16. The molecule has 1 atom stereocenters. The van der Waals surface area contributed by atoms with Crippen molar-refractivity contribution in [3.05, 3.63) is 59.4 Å². The number of nitrogens with one attached hydrogen (secondary N) is 2. The van der Waals surface area contributed by atoms with Gasteiger partial charge >= 0.3 is 0 Å². The molecular formula is C17H21N3O3. The van der Waals surface area contributed by atoms with E-state index in [2.05, 4.69) is 12.2 Å². The zero-order valence-corrected chi connectivity index (χ0v) is 13.2. The van der Waals surface area contributed by atoms with Crippen molar-refractivity contribution in [3.8, 4) is 0 Å². The molecule has 0 bridgehead atoms. The van der Waals surface area contributed by atoms with Crippen LogP contribution in [0, 0.1) is 0 Å². The number of nitrogens with zero attached hydrogens (tertiary/aromatic N) is 1. The van der Waals surface area contributed by atoms with Crippen molar-refractivity contribution in [3.63, 3.8) is 0 Å². The molecule has 6 heteroatoms. The molecule has 1 unspecified atom stereocenters. The summed E-state index contributed by atoms with van der Waals surface area (Å²) in [7, 11) is 1.83. The molecule has 23 heavy (non-hydrogen) atoms. The van der Waals surface area contributed by atoms with Gasteiger partial charge in [0, 0.05) is 18.8 Å². The molecule has 0 fully saturated rings. The number of hydrogen-bond donors (Lipinski definition) is 3. The number of carbonyl (C=O) groups is 2. The van der Waals surface area contributed by atoms with E-state index in [0.29, 0.717) is 11.3 Å². The highest BCUT2D eigenvalue weighted by Gasteiger charge is 2.17. The summed E-state index contributed by atoms with van der Waals surface area (Å²) in [6, 6.07) is 10.3. The summed E-state index contributed by atoms with van der Waals surface area (Å²) in [5.41, 5.74) is 3.48. The van der Waals surface area contributed by atoms with E-state index >= 15 is 0 Å². The first-order valence-electron chi connectivity index (χ1n) is 7.53. The van der Waals surface area contributed by atoms with Crippen molar-refractivity contribution in [2.24, 2.45) is 7.05 Å². The van der Waals surface area contributed by atoms with Crippen molar-refractivity contribution in [1.82, 2.24) is 15.4 Å². The third-order valence-corrected chi connectivity index (χ3v) is 3.74. The number of aromatic nitrogens is 1. The molecule has 2 rings (SSSR count). The largest absolute Gasteiger partial charge is 0.347 e. The van der Waals surface area contributed by atoms with Gasteiger partial charge in [0.05, 0.1) is 6.04 Å². The second-order valence-corrected chi connectivity index (χ2v) is 5.38. The van der Waals surface area contributed by atoms with Crippen molar-refractivity contribution in [1.29, 1.82) is 0 Å². The van der Waals surface area contributed by atoms with Crippen molar-refractivity contribution >= 4 is 11.8 Å². The molecule has 0 saturated carbocycles. The summed E-state index contributed by atoms with van der Waals surface area (Å²) in [6.07, 6.45) is 3.53. The van der Waals surface area contributed by atoms with Gasteiger partial charge in [0.1, 0.15) is 5.69 Å². The van der Waals surface area contributed by atoms with E-state index in [4.69, 9.17) is 5.21 Å². The topological polar surface area (TPSA) is 83.4 Å². The van der Waals surface area contributed by atoms with Gasteiger partial charge in [-0.15, -0.1) is 0 Å². The Hall–Kier alpha value is -2.60. The van der Waals surface area contributed by atoms with Crippen LogP contribution in [0.2, 0.25) is 0 Å². The van der Waals surface area contributed by atoms with Crippen LogP contribution >= 0.6 is 0 Å². The Kier molecular flexibility index (Phi) is 5.54. The van der Waals surface area contributed by atoms with Gasteiger partial charge in [0.15, 0.2) is 0 Å². The average molecular weight is 315 g/mol. The highest BCUT2D eigenvalue weighted by atomic mass is 16.5. The molecule has 0 spiro atoms. The fraction of sp³-hybridized carbons (Fsp3) is 0.294. The smallest absolute Gasteiger partial charge is 0.274 e. The molecule has 1 heterocycles. The minimum atomic E-state index is -0.559. The van der Waals surface area contributed by atoms with Crippen LogP contribution in [0.5, 0.6) is 0 Å². The summed E-state index contributed by atoms with van der Waals surface area (Å²) >= 11 is 0. The van der Waals surface area contributed by atoms with E-state index in [0.717, 1.165) is 18.4 Å². The van der Waals surface area contributed by atoms with Gasteiger partial charge in [0.2, 0.25) is 0 Å². The van der Waals surface area contributed by atoms with E-state index in [-0.39, 0.29) is 11.9 Å². The lowest BCUT2D eigenvalue weighted by Crippen LogP contribution is -2.30. The molecule has 0 saturated heterocycles. The first-order chi connectivity index (χ1) is 11.1. The highest BCUT2D eigenvalue weighted by Crippen LogP contribution is 2.20. The van der Waals surface area contributed by atoms with Crippen LogP contribution in [-0.4, -0.2) is 21.6 Å². The molecule has 2 amide bonds. The molecule has 0 radical (unpaired) electrons. The summed E-state index contributed by atoms with van der Waals surface area (Å²) in [6.45, 7) is 2.05. The van der Waals surface area contributed by atoms with E-state index in [1.807, 2.05) is 19.3 Å². The van der Waals surface area contributed by atoms with Gasteiger partial charge in [0.25, 0.3) is 11.8 Å². The lowest BCUT2D eigenvalue weighted by molar-refractivity contribution is 0.0706. The van der Waals surface area contributed by atoms with E-state index < -0.39 is 5.91 Å². The van der Waals surface area contributed by atoms with Gasteiger partial charge in [-0.2, -0.15) is 0 Å². The van der Waals surface area contributed by atoms with Gasteiger partial charge < -0.3 is 9.88 Å². The fourth-order valence-corrected chi connectivity index (χ4v) is 2.47. The fourth-order valence-electron chi connectivity index (χ4n) is 2.47. The molecule has 0 aliphatic carbocycles. The normalized spacial score (nSPS) is 11.8. The quantitative estimate of drug-likeness (QED) is 0.565. The molecule has 3 N–H and O–H groups in total. The minimum absolute atomic E-state index is 0.131. The predicted octanol–water partition coefficient (Wildman–Crippen LogP) is 2.42. The lowest BCUT2D eigenvalue weighted by Gasteiger charge is -2.19. The Labute approximate surface area is 135 Å². The standard InChI is InChI=1S/C17H21N3O3/c1-3-5-14(18-17(22)15-6-4-11-20(15)2)12-7-9-13(10-8-12)16(21)19-23/h4,6-11,14,23H,3,5H2,1-2H3,(H,18,22)(H,19,21). The van der Waals surface area contributed by atoms with Crippen LogP contribution in [-0.2, 0) is 7.05 Å². The first kappa shape index (κ1) is 16.8. The van der Waals surface area contributed by atoms with E-state index in [1.165, 1.54) is 0 Å². The second kappa shape index (κ2) is 7.60. The maximum absolute atomic E-state index is 12.4. The number of aryl methyl sites for hydroxylation is 1. The molecule has 2 aromatic rings. The van der Waals surface area contributed by atoms with Gasteiger partial charge in [-0.3, -0.25) is 14.8 Å².